The molecule has 0 spiro atoms. The van der Waals surface area contributed by atoms with Crippen molar-refractivity contribution in [2.24, 2.45) is 7.05 Å². The summed E-state index contributed by atoms with van der Waals surface area (Å²) >= 11 is 3.33. The standard InChI is InChI=1S/C13H9BrN4O/c1-7-16-9-5-8(3-4-11(9)18(7)2)13-12(14)10(6-15)17-19-13/h3-5H,1-2H3. The zero-order valence-electron chi connectivity index (χ0n) is 10.3. The van der Waals surface area contributed by atoms with Crippen LogP contribution < -0.4 is 0 Å². The molecule has 2 heterocycles. The third-order valence-corrected chi connectivity index (χ3v) is 3.84. The fourth-order valence-electron chi connectivity index (χ4n) is 1.99. The van der Waals surface area contributed by atoms with E-state index in [9.17, 15) is 0 Å². The van der Waals surface area contributed by atoms with Crippen LogP contribution in [0.15, 0.2) is 27.2 Å². The molecule has 0 atom stereocenters. The maximum absolute atomic E-state index is 8.87. The van der Waals surface area contributed by atoms with Gasteiger partial charge in [0.2, 0.25) is 0 Å². The molecule has 94 valence electrons. The first-order chi connectivity index (χ1) is 9.11. The lowest BCUT2D eigenvalue weighted by Gasteiger charge is -1.98. The quantitative estimate of drug-likeness (QED) is 0.691. The van der Waals surface area contributed by atoms with Gasteiger partial charge in [-0.3, -0.25) is 0 Å². The summed E-state index contributed by atoms with van der Waals surface area (Å²) in [5.41, 5.74) is 3.02. The van der Waals surface area contributed by atoms with Crippen molar-refractivity contribution in [3.05, 3.63) is 34.2 Å². The molecule has 0 radical (unpaired) electrons. The normalized spacial score (nSPS) is 10.8. The second-order valence-electron chi connectivity index (χ2n) is 4.21. The van der Waals surface area contributed by atoms with E-state index in [1.54, 1.807) is 0 Å². The Hall–Kier alpha value is -2.13. The molecule has 0 amide bonds. The van der Waals surface area contributed by atoms with Crippen LogP contribution in [-0.4, -0.2) is 14.7 Å². The first-order valence-electron chi connectivity index (χ1n) is 5.60. The first-order valence-corrected chi connectivity index (χ1v) is 6.40. The van der Waals surface area contributed by atoms with Crippen molar-refractivity contribution >= 4 is 27.0 Å². The molecule has 0 fully saturated rings. The van der Waals surface area contributed by atoms with Crippen LogP contribution in [0.2, 0.25) is 0 Å². The minimum atomic E-state index is 0.243. The zero-order chi connectivity index (χ0) is 13.6. The van der Waals surface area contributed by atoms with Crippen LogP contribution >= 0.6 is 15.9 Å². The van der Waals surface area contributed by atoms with Crippen molar-refractivity contribution in [2.75, 3.05) is 0 Å². The van der Waals surface area contributed by atoms with Crippen LogP contribution in [-0.2, 0) is 7.05 Å². The van der Waals surface area contributed by atoms with Crippen molar-refractivity contribution in [1.82, 2.24) is 14.7 Å². The number of halogens is 1. The van der Waals surface area contributed by atoms with Crippen molar-refractivity contribution < 1.29 is 4.52 Å². The summed E-state index contributed by atoms with van der Waals surface area (Å²) in [6.45, 7) is 1.96. The number of nitrogens with zero attached hydrogens (tertiary/aromatic N) is 4. The van der Waals surface area contributed by atoms with E-state index in [2.05, 4.69) is 26.1 Å². The van der Waals surface area contributed by atoms with Gasteiger partial charge in [0.05, 0.1) is 11.0 Å². The molecule has 5 nitrogen and oxygen atoms in total. The summed E-state index contributed by atoms with van der Waals surface area (Å²) < 4.78 is 7.80. The molecule has 19 heavy (non-hydrogen) atoms. The minimum Gasteiger partial charge on any atom is -0.354 e. The molecule has 1 aromatic carbocycles. The molecular weight excluding hydrogens is 308 g/mol. The van der Waals surface area contributed by atoms with E-state index in [0.717, 1.165) is 22.4 Å². The van der Waals surface area contributed by atoms with Gasteiger partial charge in [-0.05, 0) is 41.1 Å². The van der Waals surface area contributed by atoms with E-state index < -0.39 is 0 Å². The monoisotopic (exact) mass is 316 g/mol. The van der Waals surface area contributed by atoms with Gasteiger partial charge >= 0.3 is 0 Å². The van der Waals surface area contributed by atoms with Gasteiger partial charge in [-0.15, -0.1) is 0 Å². The number of aromatic nitrogens is 3. The summed E-state index contributed by atoms with van der Waals surface area (Å²) in [6.07, 6.45) is 0. The lowest BCUT2D eigenvalue weighted by atomic mass is 10.1. The number of benzene rings is 1. The molecule has 0 N–H and O–H groups in total. The molecule has 0 aliphatic carbocycles. The number of nitriles is 1. The van der Waals surface area contributed by atoms with E-state index in [1.165, 1.54) is 0 Å². The van der Waals surface area contributed by atoms with Crippen LogP contribution in [0.4, 0.5) is 0 Å². The molecule has 2 aromatic heterocycles. The highest BCUT2D eigenvalue weighted by molar-refractivity contribution is 9.10. The summed E-state index contributed by atoms with van der Waals surface area (Å²) in [7, 11) is 1.97. The summed E-state index contributed by atoms with van der Waals surface area (Å²) in [6, 6.07) is 7.79. The summed E-state index contributed by atoms with van der Waals surface area (Å²) in [5.74, 6) is 1.49. The van der Waals surface area contributed by atoms with Crippen molar-refractivity contribution in [3.8, 4) is 17.4 Å². The largest absolute Gasteiger partial charge is 0.354 e. The Bertz CT molecular complexity index is 825. The number of hydrogen-bond acceptors (Lipinski definition) is 4. The van der Waals surface area contributed by atoms with Crippen LogP contribution in [0.5, 0.6) is 0 Å². The maximum atomic E-state index is 8.87. The van der Waals surface area contributed by atoms with Crippen LogP contribution in [0.1, 0.15) is 11.5 Å². The molecule has 0 aliphatic rings. The number of hydrogen-bond donors (Lipinski definition) is 0. The van der Waals surface area contributed by atoms with Crippen LogP contribution in [0.3, 0.4) is 0 Å². The highest BCUT2D eigenvalue weighted by Gasteiger charge is 2.16. The minimum absolute atomic E-state index is 0.243. The van der Waals surface area contributed by atoms with Crippen molar-refractivity contribution in [1.29, 1.82) is 5.26 Å². The molecule has 6 heteroatoms. The Morgan fingerprint density at radius 2 is 2.21 bits per heavy atom. The Kier molecular flexibility index (Phi) is 2.64. The second-order valence-corrected chi connectivity index (χ2v) is 5.00. The fraction of sp³-hybridized carbons (Fsp3) is 0.154. The lowest BCUT2D eigenvalue weighted by Crippen LogP contribution is -1.89. The third-order valence-electron chi connectivity index (χ3n) is 3.11. The van der Waals surface area contributed by atoms with Gasteiger partial charge in [-0.1, -0.05) is 5.16 Å². The van der Waals surface area contributed by atoms with Crippen LogP contribution in [0, 0.1) is 18.3 Å². The molecule has 3 aromatic rings. The Labute approximate surface area is 117 Å². The Morgan fingerprint density at radius 1 is 1.42 bits per heavy atom. The molecule has 0 saturated heterocycles. The van der Waals surface area contributed by atoms with E-state index in [0.29, 0.717) is 10.2 Å². The Morgan fingerprint density at radius 3 is 2.89 bits per heavy atom. The maximum Gasteiger partial charge on any atom is 0.198 e. The molecule has 0 saturated carbocycles. The van der Waals surface area contributed by atoms with Gasteiger partial charge in [0, 0.05) is 12.6 Å². The lowest BCUT2D eigenvalue weighted by molar-refractivity contribution is 0.430. The average molecular weight is 317 g/mol. The second kappa shape index (κ2) is 4.21. The molecule has 3 rings (SSSR count). The zero-order valence-corrected chi connectivity index (χ0v) is 11.9. The van der Waals surface area contributed by atoms with Gasteiger partial charge in [-0.2, -0.15) is 5.26 Å². The van der Waals surface area contributed by atoms with Crippen molar-refractivity contribution in [2.45, 2.75) is 6.92 Å². The smallest absolute Gasteiger partial charge is 0.198 e. The molecule has 0 aliphatic heterocycles. The van der Waals surface area contributed by atoms with Gasteiger partial charge in [0.25, 0.3) is 0 Å². The van der Waals surface area contributed by atoms with E-state index >= 15 is 0 Å². The van der Waals surface area contributed by atoms with Gasteiger partial charge in [-0.25, -0.2) is 4.98 Å². The SMILES string of the molecule is Cc1nc2cc(-c3onc(C#N)c3Br)ccc2n1C. The van der Waals surface area contributed by atoms with Gasteiger partial charge in [0.15, 0.2) is 11.5 Å². The summed E-state index contributed by atoms with van der Waals surface area (Å²) in [4.78, 5) is 4.48. The predicted molar refractivity (Wildman–Crippen MR) is 73.4 cm³/mol. The highest BCUT2D eigenvalue weighted by atomic mass is 79.9. The van der Waals surface area contributed by atoms with E-state index in [1.807, 2.05) is 42.8 Å². The topological polar surface area (TPSA) is 67.6 Å². The molecule has 0 bridgehead atoms. The van der Waals surface area contributed by atoms with Crippen LogP contribution in [0.25, 0.3) is 22.4 Å². The highest BCUT2D eigenvalue weighted by Crippen LogP contribution is 2.32. The van der Waals surface area contributed by atoms with Crippen molar-refractivity contribution in [3.63, 3.8) is 0 Å². The Balaban J connectivity index is 2.21. The number of imidazole rings is 1. The molecule has 0 unspecified atom stereocenters. The number of aryl methyl sites for hydroxylation is 2. The fourth-order valence-corrected chi connectivity index (χ4v) is 2.45. The van der Waals surface area contributed by atoms with Gasteiger partial charge < -0.3 is 9.09 Å². The van der Waals surface area contributed by atoms with E-state index in [4.69, 9.17) is 9.78 Å². The predicted octanol–water partition coefficient (Wildman–Crippen LogP) is 3.17. The first kappa shape index (κ1) is 11.9. The number of rotatable bonds is 1. The van der Waals surface area contributed by atoms with Gasteiger partial charge in [0.1, 0.15) is 16.4 Å². The number of fused-ring (bicyclic) bond motifs is 1. The third kappa shape index (κ3) is 1.74. The van der Waals surface area contributed by atoms with E-state index in [-0.39, 0.29) is 5.69 Å². The average Bonchev–Trinajstić information content (AvgIpc) is 2.91. The summed E-state index contributed by atoms with van der Waals surface area (Å²) in [5, 5.41) is 12.6. The molecular formula is C13H9BrN4O.